The molecule has 3 rings (SSSR count). The third-order valence-corrected chi connectivity index (χ3v) is 3.68. The van der Waals surface area contributed by atoms with Gasteiger partial charge in [0.05, 0.1) is 5.92 Å². The molecule has 0 spiro atoms. The average molecular weight is 252 g/mol. The number of amides is 1. The van der Waals surface area contributed by atoms with Gasteiger partial charge in [0.2, 0.25) is 5.91 Å². The van der Waals surface area contributed by atoms with E-state index in [4.69, 9.17) is 5.73 Å². The van der Waals surface area contributed by atoms with E-state index in [1.807, 2.05) is 42.5 Å². The molecule has 2 aromatic carbocycles. The van der Waals surface area contributed by atoms with Crippen LogP contribution in [0.25, 0.3) is 0 Å². The molecule has 0 heterocycles. The Labute approximate surface area is 112 Å². The lowest BCUT2D eigenvalue weighted by atomic mass is 9.77. The molecule has 0 bridgehead atoms. The Kier molecular flexibility index (Phi) is 2.95. The van der Waals surface area contributed by atoms with Crippen molar-refractivity contribution in [1.29, 1.82) is 0 Å². The fourth-order valence-corrected chi connectivity index (χ4v) is 2.49. The van der Waals surface area contributed by atoms with Crippen molar-refractivity contribution in [3.63, 3.8) is 0 Å². The molecule has 0 fully saturated rings. The number of rotatable bonds is 3. The van der Waals surface area contributed by atoms with Crippen molar-refractivity contribution in [1.82, 2.24) is 5.32 Å². The Morgan fingerprint density at radius 1 is 1.16 bits per heavy atom. The molecule has 0 aromatic heterocycles. The number of nitrogen functional groups attached to an aromatic ring is 1. The summed E-state index contributed by atoms with van der Waals surface area (Å²) in [5.41, 5.74) is 9.97. The predicted octanol–water partition coefficient (Wildman–Crippen LogP) is 2.22. The second-order valence-electron chi connectivity index (χ2n) is 4.87. The van der Waals surface area contributed by atoms with Crippen molar-refractivity contribution >= 4 is 11.6 Å². The predicted molar refractivity (Wildman–Crippen MR) is 75.6 cm³/mol. The Balaban J connectivity index is 1.64. The first kappa shape index (κ1) is 11.8. The van der Waals surface area contributed by atoms with Gasteiger partial charge in [-0.2, -0.15) is 0 Å². The number of carbonyl (C=O) groups excluding carboxylic acids is 1. The van der Waals surface area contributed by atoms with E-state index in [1.54, 1.807) is 0 Å². The number of fused-ring (bicyclic) bond motifs is 1. The quantitative estimate of drug-likeness (QED) is 0.823. The van der Waals surface area contributed by atoms with E-state index in [9.17, 15) is 4.79 Å². The third-order valence-electron chi connectivity index (χ3n) is 3.68. The van der Waals surface area contributed by atoms with Gasteiger partial charge in [0.1, 0.15) is 0 Å². The summed E-state index contributed by atoms with van der Waals surface area (Å²) in [4.78, 5) is 12.1. The lowest BCUT2D eigenvalue weighted by molar-refractivity contribution is -0.123. The highest BCUT2D eigenvalue weighted by molar-refractivity contribution is 5.86. The summed E-state index contributed by atoms with van der Waals surface area (Å²) >= 11 is 0. The second-order valence-corrected chi connectivity index (χ2v) is 4.87. The molecule has 2 aromatic rings. The first-order valence-electron chi connectivity index (χ1n) is 6.44. The van der Waals surface area contributed by atoms with Gasteiger partial charge in [-0.1, -0.05) is 42.5 Å². The SMILES string of the molecule is Nc1ccccc1CNC(=O)C1Cc2ccccc21. The zero-order valence-electron chi connectivity index (χ0n) is 10.6. The summed E-state index contributed by atoms with van der Waals surface area (Å²) in [6.07, 6.45) is 0.840. The van der Waals surface area contributed by atoms with Gasteiger partial charge in [-0.05, 0) is 29.2 Å². The lowest BCUT2D eigenvalue weighted by Gasteiger charge is -2.28. The monoisotopic (exact) mass is 252 g/mol. The zero-order valence-corrected chi connectivity index (χ0v) is 10.6. The zero-order chi connectivity index (χ0) is 13.2. The summed E-state index contributed by atoms with van der Waals surface area (Å²) in [7, 11) is 0. The molecule has 1 atom stereocenters. The summed E-state index contributed by atoms with van der Waals surface area (Å²) in [6.45, 7) is 0.490. The molecule has 19 heavy (non-hydrogen) atoms. The van der Waals surface area contributed by atoms with Crippen molar-refractivity contribution in [2.24, 2.45) is 0 Å². The van der Waals surface area contributed by atoms with Crippen molar-refractivity contribution < 1.29 is 4.79 Å². The Morgan fingerprint density at radius 3 is 2.68 bits per heavy atom. The standard InChI is InChI=1S/C16H16N2O/c17-15-8-4-2-6-12(15)10-18-16(19)14-9-11-5-1-3-7-13(11)14/h1-8,14H,9-10,17H2,(H,18,19). The van der Waals surface area contributed by atoms with Crippen LogP contribution in [0.4, 0.5) is 5.69 Å². The minimum Gasteiger partial charge on any atom is -0.398 e. The number of benzene rings is 2. The van der Waals surface area contributed by atoms with Gasteiger partial charge < -0.3 is 11.1 Å². The van der Waals surface area contributed by atoms with Crippen molar-refractivity contribution in [3.05, 3.63) is 65.2 Å². The van der Waals surface area contributed by atoms with E-state index in [-0.39, 0.29) is 11.8 Å². The molecule has 0 aliphatic heterocycles. The van der Waals surface area contributed by atoms with Crippen LogP contribution in [0.1, 0.15) is 22.6 Å². The molecule has 1 unspecified atom stereocenters. The van der Waals surface area contributed by atoms with Gasteiger partial charge in [0.25, 0.3) is 0 Å². The van der Waals surface area contributed by atoms with Gasteiger partial charge in [0, 0.05) is 12.2 Å². The highest BCUT2D eigenvalue weighted by Crippen LogP contribution is 2.34. The molecule has 1 aliphatic carbocycles. The van der Waals surface area contributed by atoms with Crippen LogP contribution < -0.4 is 11.1 Å². The number of para-hydroxylation sites is 1. The van der Waals surface area contributed by atoms with Gasteiger partial charge in [-0.3, -0.25) is 4.79 Å². The number of hydrogen-bond acceptors (Lipinski definition) is 2. The van der Waals surface area contributed by atoms with Crippen molar-refractivity contribution in [2.75, 3.05) is 5.73 Å². The van der Waals surface area contributed by atoms with Crippen LogP contribution in [-0.2, 0) is 17.8 Å². The van der Waals surface area contributed by atoms with E-state index in [2.05, 4.69) is 11.4 Å². The van der Waals surface area contributed by atoms with Crippen LogP contribution in [0.15, 0.2) is 48.5 Å². The van der Waals surface area contributed by atoms with Gasteiger partial charge in [0.15, 0.2) is 0 Å². The number of nitrogens with one attached hydrogen (secondary N) is 1. The maximum Gasteiger partial charge on any atom is 0.228 e. The smallest absolute Gasteiger partial charge is 0.228 e. The van der Waals surface area contributed by atoms with Crippen LogP contribution in [0.2, 0.25) is 0 Å². The minimum atomic E-state index is 0.00105. The normalized spacial score (nSPS) is 16.3. The van der Waals surface area contributed by atoms with E-state index < -0.39 is 0 Å². The fourth-order valence-electron chi connectivity index (χ4n) is 2.49. The molecule has 0 saturated heterocycles. The highest BCUT2D eigenvalue weighted by atomic mass is 16.1. The van der Waals surface area contributed by atoms with Crippen LogP contribution in [0.3, 0.4) is 0 Å². The topological polar surface area (TPSA) is 55.1 Å². The second kappa shape index (κ2) is 4.76. The summed E-state index contributed by atoms with van der Waals surface area (Å²) in [5.74, 6) is 0.0862. The molecule has 0 radical (unpaired) electrons. The summed E-state index contributed by atoms with van der Waals surface area (Å²) in [5, 5.41) is 2.96. The number of anilines is 1. The number of carbonyl (C=O) groups is 1. The van der Waals surface area contributed by atoms with Gasteiger partial charge in [-0.15, -0.1) is 0 Å². The first-order valence-corrected chi connectivity index (χ1v) is 6.44. The van der Waals surface area contributed by atoms with E-state index >= 15 is 0 Å². The van der Waals surface area contributed by atoms with Crippen LogP contribution in [0, 0.1) is 0 Å². The first-order chi connectivity index (χ1) is 9.25. The summed E-state index contributed by atoms with van der Waals surface area (Å²) in [6, 6.07) is 15.7. The Morgan fingerprint density at radius 2 is 1.89 bits per heavy atom. The lowest BCUT2D eigenvalue weighted by Crippen LogP contribution is -2.35. The third kappa shape index (κ3) is 2.19. The van der Waals surface area contributed by atoms with Crippen LogP contribution >= 0.6 is 0 Å². The van der Waals surface area contributed by atoms with Gasteiger partial charge >= 0.3 is 0 Å². The van der Waals surface area contributed by atoms with E-state index in [1.165, 1.54) is 5.56 Å². The molecule has 3 heteroatoms. The Hall–Kier alpha value is -2.29. The molecule has 3 N–H and O–H groups in total. The molecule has 96 valence electrons. The Bertz CT molecular complexity index is 622. The van der Waals surface area contributed by atoms with Gasteiger partial charge in [-0.25, -0.2) is 0 Å². The summed E-state index contributed by atoms with van der Waals surface area (Å²) < 4.78 is 0. The molecule has 3 nitrogen and oxygen atoms in total. The van der Waals surface area contributed by atoms with E-state index in [0.29, 0.717) is 6.54 Å². The number of nitrogens with two attached hydrogens (primary N) is 1. The average Bonchev–Trinajstić information content (AvgIpc) is 2.39. The maximum absolute atomic E-state index is 12.1. The van der Waals surface area contributed by atoms with Crippen LogP contribution in [0.5, 0.6) is 0 Å². The van der Waals surface area contributed by atoms with Crippen molar-refractivity contribution in [3.8, 4) is 0 Å². The molecule has 0 saturated carbocycles. The molecular formula is C16H16N2O. The highest BCUT2D eigenvalue weighted by Gasteiger charge is 2.31. The maximum atomic E-state index is 12.1. The molecule has 1 aliphatic rings. The number of hydrogen-bond donors (Lipinski definition) is 2. The minimum absolute atomic E-state index is 0.00105. The largest absolute Gasteiger partial charge is 0.398 e. The molecular weight excluding hydrogens is 236 g/mol. The fraction of sp³-hybridized carbons (Fsp3) is 0.188. The van der Waals surface area contributed by atoms with Crippen molar-refractivity contribution in [2.45, 2.75) is 18.9 Å². The van der Waals surface area contributed by atoms with Crippen LogP contribution in [-0.4, -0.2) is 5.91 Å². The molecule has 1 amide bonds. The van der Waals surface area contributed by atoms with E-state index in [0.717, 1.165) is 23.2 Å².